The SMILES string of the molecule is Cc1ccc(NC(=O)C2CCCN(Cc3ccccc3F)C2)cc1C. The Bertz CT molecular complexity index is 759. The second-order valence-electron chi connectivity index (χ2n) is 6.95. The summed E-state index contributed by atoms with van der Waals surface area (Å²) in [6.07, 6.45) is 1.84. The monoisotopic (exact) mass is 340 g/mol. The van der Waals surface area contributed by atoms with Crippen molar-refractivity contribution in [2.75, 3.05) is 18.4 Å². The largest absolute Gasteiger partial charge is 0.326 e. The van der Waals surface area contributed by atoms with Crippen molar-refractivity contribution in [1.29, 1.82) is 0 Å². The number of nitrogens with zero attached hydrogens (tertiary/aromatic N) is 1. The minimum absolute atomic E-state index is 0.0536. The second kappa shape index (κ2) is 7.79. The molecule has 0 aliphatic carbocycles. The molecule has 25 heavy (non-hydrogen) atoms. The highest BCUT2D eigenvalue weighted by Gasteiger charge is 2.26. The van der Waals surface area contributed by atoms with Gasteiger partial charge in [-0.25, -0.2) is 4.39 Å². The Morgan fingerprint density at radius 1 is 1.20 bits per heavy atom. The number of hydrogen-bond acceptors (Lipinski definition) is 2. The van der Waals surface area contributed by atoms with Gasteiger partial charge in [0.2, 0.25) is 5.91 Å². The van der Waals surface area contributed by atoms with Crippen LogP contribution in [0.15, 0.2) is 42.5 Å². The number of likely N-dealkylation sites (tertiary alicyclic amines) is 1. The van der Waals surface area contributed by atoms with E-state index < -0.39 is 0 Å². The summed E-state index contributed by atoms with van der Waals surface area (Å²) in [4.78, 5) is 14.8. The van der Waals surface area contributed by atoms with Gasteiger partial charge >= 0.3 is 0 Å². The summed E-state index contributed by atoms with van der Waals surface area (Å²) in [5, 5.41) is 3.04. The van der Waals surface area contributed by atoms with Crippen LogP contribution in [0.4, 0.5) is 10.1 Å². The van der Waals surface area contributed by atoms with Crippen molar-refractivity contribution in [3.8, 4) is 0 Å². The number of hydrogen-bond donors (Lipinski definition) is 1. The summed E-state index contributed by atoms with van der Waals surface area (Å²) in [5.41, 5.74) is 3.92. The molecular weight excluding hydrogens is 315 g/mol. The van der Waals surface area contributed by atoms with E-state index in [0.717, 1.165) is 25.1 Å². The van der Waals surface area contributed by atoms with Crippen LogP contribution < -0.4 is 5.32 Å². The number of piperidine rings is 1. The van der Waals surface area contributed by atoms with Crippen molar-refractivity contribution in [1.82, 2.24) is 4.90 Å². The molecule has 0 aromatic heterocycles. The first-order chi connectivity index (χ1) is 12.0. The lowest BCUT2D eigenvalue weighted by Crippen LogP contribution is -2.40. The molecule has 0 radical (unpaired) electrons. The second-order valence-corrected chi connectivity index (χ2v) is 6.95. The van der Waals surface area contributed by atoms with Gasteiger partial charge in [-0.15, -0.1) is 0 Å². The number of rotatable bonds is 4. The van der Waals surface area contributed by atoms with Crippen LogP contribution in [0, 0.1) is 25.6 Å². The van der Waals surface area contributed by atoms with Gasteiger partial charge in [0, 0.05) is 24.3 Å². The lowest BCUT2D eigenvalue weighted by molar-refractivity contribution is -0.121. The molecule has 1 atom stereocenters. The first-order valence-corrected chi connectivity index (χ1v) is 8.87. The van der Waals surface area contributed by atoms with E-state index in [1.165, 1.54) is 17.2 Å². The minimum Gasteiger partial charge on any atom is -0.326 e. The molecule has 0 spiro atoms. The fourth-order valence-corrected chi connectivity index (χ4v) is 3.34. The van der Waals surface area contributed by atoms with E-state index in [-0.39, 0.29) is 17.6 Å². The average molecular weight is 340 g/mol. The quantitative estimate of drug-likeness (QED) is 0.900. The molecule has 1 saturated heterocycles. The van der Waals surface area contributed by atoms with E-state index in [2.05, 4.69) is 17.1 Å². The van der Waals surface area contributed by atoms with Crippen LogP contribution in [0.5, 0.6) is 0 Å². The Balaban J connectivity index is 1.61. The van der Waals surface area contributed by atoms with E-state index in [0.29, 0.717) is 18.7 Å². The molecule has 2 aromatic carbocycles. The molecule has 3 rings (SSSR count). The van der Waals surface area contributed by atoms with Gasteiger partial charge in [0.25, 0.3) is 0 Å². The lowest BCUT2D eigenvalue weighted by Gasteiger charge is -2.32. The van der Waals surface area contributed by atoms with Gasteiger partial charge in [-0.1, -0.05) is 24.3 Å². The molecule has 1 unspecified atom stereocenters. The van der Waals surface area contributed by atoms with Crippen LogP contribution in [-0.2, 0) is 11.3 Å². The highest BCUT2D eigenvalue weighted by atomic mass is 19.1. The molecule has 1 amide bonds. The molecular formula is C21H25FN2O. The van der Waals surface area contributed by atoms with E-state index in [1.807, 2.05) is 37.3 Å². The number of nitrogens with one attached hydrogen (secondary N) is 1. The van der Waals surface area contributed by atoms with E-state index in [1.54, 1.807) is 6.07 Å². The van der Waals surface area contributed by atoms with Gasteiger partial charge in [-0.3, -0.25) is 9.69 Å². The van der Waals surface area contributed by atoms with Gasteiger partial charge < -0.3 is 5.32 Å². The minimum atomic E-state index is -0.177. The highest BCUT2D eigenvalue weighted by molar-refractivity contribution is 5.92. The molecule has 3 nitrogen and oxygen atoms in total. The molecule has 2 aromatic rings. The topological polar surface area (TPSA) is 32.3 Å². The Kier molecular flexibility index (Phi) is 5.49. The van der Waals surface area contributed by atoms with Crippen LogP contribution >= 0.6 is 0 Å². The molecule has 1 N–H and O–H groups in total. The average Bonchev–Trinajstić information content (AvgIpc) is 2.60. The fourth-order valence-electron chi connectivity index (χ4n) is 3.34. The number of halogens is 1. The predicted octanol–water partition coefficient (Wildman–Crippen LogP) is 4.29. The third kappa shape index (κ3) is 4.45. The van der Waals surface area contributed by atoms with Gasteiger partial charge in [0.15, 0.2) is 0 Å². The van der Waals surface area contributed by atoms with E-state index >= 15 is 0 Å². The van der Waals surface area contributed by atoms with E-state index in [9.17, 15) is 9.18 Å². The maximum atomic E-state index is 13.9. The number of carbonyl (C=O) groups excluding carboxylic acids is 1. The van der Waals surface area contributed by atoms with Gasteiger partial charge in [-0.2, -0.15) is 0 Å². The van der Waals surface area contributed by atoms with Crippen LogP contribution in [0.25, 0.3) is 0 Å². The summed E-state index contributed by atoms with van der Waals surface area (Å²) >= 11 is 0. The predicted molar refractivity (Wildman–Crippen MR) is 98.9 cm³/mol. The third-order valence-electron chi connectivity index (χ3n) is 5.00. The van der Waals surface area contributed by atoms with Crippen LogP contribution in [-0.4, -0.2) is 23.9 Å². The zero-order valence-electron chi connectivity index (χ0n) is 14.9. The molecule has 1 aliphatic rings. The maximum absolute atomic E-state index is 13.9. The van der Waals surface area contributed by atoms with Gasteiger partial charge in [0.05, 0.1) is 5.92 Å². The number of anilines is 1. The number of aryl methyl sites for hydroxylation is 2. The van der Waals surface area contributed by atoms with Crippen molar-refractivity contribution in [3.05, 3.63) is 65.0 Å². The molecule has 1 heterocycles. The van der Waals surface area contributed by atoms with Crippen LogP contribution in [0.2, 0.25) is 0 Å². The molecule has 0 saturated carbocycles. The molecule has 1 aliphatic heterocycles. The third-order valence-corrected chi connectivity index (χ3v) is 5.00. The Morgan fingerprint density at radius 2 is 2.00 bits per heavy atom. The Labute approximate surface area is 148 Å². The zero-order valence-corrected chi connectivity index (χ0v) is 14.9. The smallest absolute Gasteiger partial charge is 0.228 e. The number of amides is 1. The Hall–Kier alpha value is -2.20. The molecule has 4 heteroatoms. The van der Waals surface area contributed by atoms with Crippen molar-refractivity contribution in [2.45, 2.75) is 33.2 Å². The maximum Gasteiger partial charge on any atom is 0.228 e. The molecule has 132 valence electrons. The first kappa shape index (κ1) is 17.6. The fraction of sp³-hybridized carbons (Fsp3) is 0.381. The van der Waals surface area contributed by atoms with E-state index in [4.69, 9.17) is 0 Å². The van der Waals surface area contributed by atoms with Crippen molar-refractivity contribution in [2.24, 2.45) is 5.92 Å². The van der Waals surface area contributed by atoms with Crippen LogP contribution in [0.3, 0.4) is 0 Å². The number of benzene rings is 2. The normalized spacial score (nSPS) is 18.1. The Morgan fingerprint density at radius 3 is 2.76 bits per heavy atom. The summed E-state index contributed by atoms with van der Waals surface area (Å²) in [6, 6.07) is 12.8. The van der Waals surface area contributed by atoms with Crippen molar-refractivity contribution < 1.29 is 9.18 Å². The summed E-state index contributed by atoms with van der Waals surface area (Å²) < 4.78 is 13.9. The molecule has 0 bridgehead atoms. The van der Waals surface area contributed by atoms with Gasteiger partial charge in [0.1, 0.15) is 5.82 Å². The standard InChI is InChI=1S/C21H25FN2O/c1-15-9-10-19(12-16(15)2)23-21(25)18-7-5-11-24(14-18)13-17-6-3-4-8-20(17)22/h3-4,6,8-10,12,18H,5,7,11,13-14H2,1-2H3,(H,23,25). The summed E-state index contributed by atoms with van der Waals surface area (Å²) in [6.45, 7) is 6.23. The zero-order chi connectivity index (χ0) is 17.8. The van der Waals surface area contributed by atoms with Crippen molar-refractivity contribution >= 4 is 11.6 Å². The number of carbonyl (C=O) groups is 1. The first-order valence-electron chi connectivity index (χ1n) is 8.87. The molecule has 1 fully saturated rings. The van der Waals surface area contributed by atoms with Crippen molar-refractivity contribution in [3.63, 3.8) is 0 Å². The van der Waals surface area contributed by atoms with Crippen LogP contribution in [0.1, 0.15) is 29.5 Å². The highest BCUT2D eigenvalue weighted by Crippen LogP contribution is 2.22. The lowest BCUT2D eigenvalue weighted by atomic mass is 9.96. The summed E-state index contributed by atoms with van der Waals surface area (Å²) in [7, 11) is 0. The summed E-state index contributed by atoms with van der Waals surface area (Å²) in [5.74, 6) is -0.173. The van der Waals surface area contributed by atoms with Gasteiger partial charge in [-0.05, 0) is 62.6 Å².